The monoisotopic (exact) mass is 463 g/mol. The number of hydrogen-bond donors (Lipinski definition) is 1. The summed E-state index contributed by atoms with van der Waals surface area (Å²) in [7, 11) is 0. The van der Waals surface area contributed by atoms with E-state index in [2.05, 4.69) is 25.2 Å². The molecule has 4 rings (SSSR count). The smallest absolute Gasteiger partial charge is 0.263 e. The van der Waals surface area contributed by atoms with Gasteiger partial charge in [-0.3, -0.25) is 4.79 Å². The molecule has 1 aliphatic rings. The van der Waals surface area contributed by atoms with Crippen molar-refractivity contribution in [3.05, 3.63) is 70.8 Å². The zero-order valence-electron chi connectivity index (χ0n) is 18.3. The van der Waals surface area contributed by atoms with Gasteiger partial charge in [-0.2, -0.15) is 5.10 Å². The third kappa shape index (κ3) is 5.11. The average molecular weight is 464 g/mol. The second-order valence-electron chi connectivity index (χ2n) is 8.08. The summed E-state index contributed by atoms with van der Waals surface area (Å²) in [6, 6.07) is 16.0. The van der Waals surface area contributed by atoms with E-state index in [1.54, 1.807) is 0 Å². The second-order valence-corrected chi connectivity index (χ2v) is 9.80. The fourth-order valence-electron chi connectivity index (χ4n) is 3.36. The lowest BCUT2D eigenvalue weighted by molar-refractivity contribution is -0.115. The molecular weight excluding hydrogens is 438 g/mol. The first-order chi connectivity index (χ1) is 15.4. The average Bonchev–Trinajstić information content (AvgIpc) is 3.32. The predicted molar refractivity (Wildman–Crippen MR) is 135 cm³/mol. The number of amides is 1. The van der Waals surface area contributed by atoms with E-state index < -0.39 is 0 Å². The van der Waals surface area contributed by atoms with Gasteiger partial charge in [-0.25, -0.2) is 4.68 Å². The van der Waals surface area contributed by atoms with Gasteiger partial charge in [0.2, 0.25) is 0 Å². The number of hydrogen-bond acceptors (Lipinski definition) is 5. The molecule has 1 saturated heterocycles. The van der Waals surface area contributed by atoms with Crippen molar-refractivity contribution in [2.75, 3.05) is 6.61 Å². The fraction of sp³-hybridized carbons (Fsp3) is 0.240. The Labute approximate surface area is 197 Å². The zero-order chi connectivity index (χ0) is 22.7. The first-order valence-corrected chi connectivity index (χ1v) is 11.8. The van der Waals surface area contributed by atoms with Gasteiger partial charge in [-0.15, -0.1) is 0 Å². The fourth-order valence-corrected chi connectivity index (χ4v) is 4.39. The van der Waals surface area contributed by atoms with Gasteiger partial charge in [0.15, 0.2) is 0 Å². The Morgan fingerprint density at radius 3 is 2.66 bits per heavy atom. The molecule has 2 heterocycles. The molecule has 0 radical (unpaired) electrons. The number of nitrogens with zero attached hydrogens (tertiary/aromatic N) is 2. The molecule has 1 aromatic heterocycles. The molecule has 0 bridgehead atoms. The lowest BCUT2D eigenvalue weighted by atomic mass is 10.0. The van der Waals surface area contributed by atoms with Gasteiger partial charge in [0, 0.05) is 17.3 Å². The number of ether oxygens (including phenoxy) is 1. The van der Waals surface area contributed by atoms with Crippen LogP contribution in [-0.4, -0.2) is 26.6 Å². The van der Waals surface area contributed by atoms with E-state index in [0.29, 0.717) is 21.8 Å². The van der Waals surface area contributed by atoms with Crippen LogP contribution in [0, 0.1) is 12.8 Å². The summed E-state index contributed by atoms with van der Waals surface area (Å²) in [5.74, 6) is 1.31. The summed E-state index contributed by atoms with van der Waals surface area (Å²) >= 11 is 6.40. The standard InChI is InChI=1S/C25H25N3O2S2/c1-16(2)11-12-30-21-10-9-18(13-17(21)3)23-19(14-22-24(29)26-25(31)32-22)15-28(27-23)20-7-5-4-6-8-20/h4-10,13-16H,11-12H2,1-3H3,(H,26,29,31). The highest BCUT2D eigenvalue weighted by atomic mass is 32.2. The molecule has 1 N–H and O–H groups in total. The van der Waals surface area contributed by atoms with Crippen molar-refractivity contribution in [2.24, 2.45) is 5.92 Å². The number of carbonyl (C=O) groups excluding carboxylic acids is 1. The Hall–Kier alpha value is -2.90. The molecule has 5 nitrogen and oxygen atoms in total. The van der Waals surface area contributed by atoms with Crippen LogP contribution in [0.1, 0.15) is 31.4 Å². The van der Waals surface area contributed by atoms with E-state index in [1.165, 1.54) is 11.8 Å². The van der Waals surface area contributed by atoms with Gasteiger partial charge in [0.05, 0.1) is 17.2 Å². The number of thiocarbonyl (C=S) groups is 1. The third-order valence-corrected chi connectivity index (χ3v) is 6.26. The molecule has 3 aromatic rings. The van der Waals surface area contributed by atoms with Crippen molar-refractivity contribution in [3.8, 4) is 22.7 Å². The molecule has 7 heteroatoms. The van der Waals surface area contributed by atoms with Crippen LogP contribution in [0.5, 0.6) is 5.75 Å². The maximum atomic E-state index is 12.2. The van der Waals surface area contributed by atoms with Gasteiger partial charge < -0.3 is 10.1 Å². The summed E-state index contributed by atoms with van der Waals surface area (Å²) in [6.45, 7) is 7.12. The highest BCUT2D eigenvalue weighted by Gasteiger charge is 2.23. The molecule has 0 saturated carbocycles. The molecule has 1 fully saturated rings. The minimum absolute atomic E-state index is 0.177. The highest BCUT2D eigenvalue weighted by Crippen LogP contribution is 2.32. The van der Waals surface area contributed by atoms with Gasteiger partial charge >= 0.3 is 0 Å². The van der Waals surface area contributed by atoms with Crippen molar-refractivity contribution in [1.82, 2.24) is 15.1 Å². The van der Waals surface area contributed by atoms with Gasteiger partial charge in [-0.1, -0.05) is 56.0 Å². The number of aromatic nitrogens is 2. The van der Waals surface area contributed by atoms with Crippen molar-refractivity contribution >= 4 is 40.3 Å². The van der Waals surface area contributed by atoms with Crippen LogP contribution in [0.2, 0.25) is 0 Å². The Morgan fingerprint density at radius 2 is 2.00 bits per heavy atom. The summed E-state index contributed by atoms with van der Waals surface area (Å²) in [6.07, 6.45) is 4.81. The van der Waals surface area contributed by atoms with Crippen LogP contribution < -0.4 is 10.1 Å². The second kappa shape index (κ2) is 9.71. The summed E-state index contributed by atoms with van der Waals surface area (Å²) < 4.78 is 8.27. The van der Waals surface area contributed by atoms with Gasteiger partial charge in [-0.05, 0) is 61.2 Å². The summed E-state index contributed by atoms with van der Waals surface area (Å²) in [5, 5.41) is 7.52. The third-order valence-electron chi connectivity index (χ3n) is 5.09. The molecule has 2 aromatic carbocycles. The minimum atomic E-state index is -0.177. The Kier molecular flexibility index (Phi) is 6.77. The normalized spacial score (nSPS) is 14.9. The van der Waals surface area contributed by atoms with Crippen molar-refractivity contribution < 1.29 is 9.53 Å². The highest BCUT2D eigenvalue weighted by molar-refractivity contribution is 8.26. The SMILES string of the molecule is Cc1cc(-c2nn(-c3ccccc3)cc2C=C2SC(=S)NC2=O)ccc1OCCC(C)C. The number of para-hydroxylation sites is 1. The van der Waals surface area contributed by atoms with Crippen LogP contribution in [0.25, 0.3) is 23.0 Å². The molecule has 0 spiro atoms. The number of aryl methyl sites for hydroxylation is 1. The maximum absolute atomic E-state index is 12.2. The topological polar surface area (TPSA) is 56.2 Å². The van der Waals surface area contributed by atoms with Gasteiger partial charge in [0.1, 0.15) is 15.8 Å². The van der Waals surface area contributed by atoms with Crippen LogP contribution in [0.4, 0.5) is 0 Å². The van der Waals surface area contributed by atoms with E-state index in [4.69, 9.17) is 22.1 Å². The maximum Gasteiger partial charge on any atom is 0.263 e. The number of thioether (sulfide) groups is 1. The van der Waals surface area contributed by atoms with Crippen molar-refractivity contribution in [3.63, 3.8) is 0 Å². The van der Waals surface area contributed by atoms with Crippen LogP contribution in [0.15, 0.2) is 59.6 Å². The summed E-state index contributed by atoms with van der Waals surface area (Å²) in [4.78, 5) is 12.8. The molecule has 0 atom stereocenters. The number of benzene rings is 2. The van der Waals surface area contributed by atoms with E-state index in [0.717, 1.165) is 40.2 Å². The quantitative estimate of drug-likeness (QED) is 0.357. The molecule has 0 unspecified atom stereocenters. The lowest BCUT2D eigenvalue weighted by Crippen LogP contribution is -2.17. The van der Waals surface area contributed by atoms with Gasteiger partial charge in [0.25, 0.3) is 5.91 Å². The first-order valence-electron chi connectivity index (χ1n) is 10.5. The zero-order valence-corrected chi connectivity index (χ0v) is 19.9. The van der Waals surface area contributed by atoms with Crippen LogP contribution in [0.3, 0.4) is 0 Å². The van der Waals surface area contributed by atoms with E-state index in [-0.39, 0.29) is 5.91 Å². The predicted octanol–water partition coefficient (Wildman–Crippen LogP) is 5.76. The van der Waals surface area contributed by atoms with Crippen molar-refractivity contribution in [1.29, 1.82) is 0 Å². The number of rotatable bonds is 7. The van der Waals surface area contributed by atoms with E-state index in [9.17, 15) is 4.79 Å². The largest absolute Gasteiger partial charge is 0.493 e. The minimum Gasteiger partial charge on any atom is -0.493 e. The lowest BCUT2D eigenvalue weighted by Gasteiger charge is -2.11. The Morgan fingerprint density at radius 1 is 1.22 bits per heavy atom. The first kappa shape index (κ1) is 22.3. The molecule has 1 aliphatic heterocycles. The number of nitrogens with one attached hydrogen (secondary N) is 1. The molecule has 164 valence electrons. The summed E-state index contributed by atoms with van der Waals surface area (Å²) in [5.41, 5.74) is 4.61. The van der Waals surface area contributed by atoms with Crippen molar-refractivity contribution in [2.45, 2.75) is 27.2 Å². The van der Waals surface area contributed by atoms with E-state index in [1.807, 2.05) is 66.3 Å². The van der Waals surface area contributed by atoms with Crippen LogP contribution >= 0.6 is 24.0 Å². The number of carbonyl (C=O) groups is 1. The Bertz CT molecular complexity index is 1180. The molecular formula is C25H25N3O2S2. The molecule has 0 aliphatic carbocycles. The molecule has 32 heavy (non-hydrogen) atoms. The molecule has 1 amide bonds. The van der Waals surface area contributed by atoms with E-state index >= 15 is 0 Å². The van der Waals surface area contributed by atoms with Crippen LogP contribution in [-0.2, 0) is 4.79 Å². The Balaban J connectivity index is 1.71.